The number of aromatic nitrogens is 2. The van der Waals surface area contributed by atoms with Crippen molar-refractivity contribution in [2.75, 3.05) is 0 Å². The zero-order chi connectivity index (χ0) is 10.2. The summed E-state index contributed by atoms with van der Waals surface area (Å²) in [6, 6.07) is 6.34. The van der Waals surface area contributed by atoms with Crippen molar-refractivity contribution in [3.05, 3.63) is 30.1 Å². The number of H-pyrrole nitrogens is 1. The average molecular weight is 373 g/mol. The molecule has 2 rings (SSSR count). The van der Waals surface area contributed by atoms with E-state index in [0.29, 0.717) is 5.41 Å². The monoisotopic (exact) mass is 374 g/mol. The van der Waals surface area contributed by atoms with Gasteiger partial charge in [-0.05, 0) is 18.2 Å². The van der Waals surface area contributed by atoms with Crippen LogP contribution in [0.5, 0.6) is 0 Å². The van der Waals surface area contributed by atoms with E-state index < -0.39 is 0 Å². The van der Waals surface area contributed by atoms with Crippen molar-refractivity contribution in [1.82, 2.24) is 9.97 Å². The Kier molecular flexibility index (Phi) is 3.70. The number of aromatic amines is 1. The van der Waals surface area contributed by atoms with E-state index in [9.17, 15) is 0 Å². The van der Waals surface area contributed by atoms with Crippen LogP contribution in [-0.2, 0) is 26.8 Å². The van der Waals surface area contributed by atoms with Gasteiger partial charge in [-0.25, -0.2) is 0 Å². The molecule has 1 heterocycles. The van der Waals surface area contributed by atoms with Crippen LogP contribution in [0, 0.1) is 11.7 Å². The Labute approximate surface area is 104 Å². The molecular weight excluding hydrogens is 358 g/mol. The van der Waals surface area contributed by atoms with Gasteiger partial charge >= 0.3 is 0 Å². The molecule has 0 unspecified atom stereocenters. The second-order valence-corrected chi connectivity index (χ2v) is 4.94. The molecule has 1 radical (unpaired) electrons. The van der Waals surface area contributed by atoms with Gasteiger partial charge in [0.1, 0.15) is 0 Å². The van der Waals surface area contributed by atoms with Gasteiger partial charge in [-0.1, -0.05) is 43.4 Å². The summed E-state index contributed by atoms with van der Waals surface area (Å²) in [6.45, 7) is 6.74. The molecule has 1 aromatic heterocycles. The zero-order valence-electron chi connectivity index (χ0n) is 9.26. The Morgan fingerprint density at radius 3 is 2.73 bits per heavy atom. The van der Waals surface area contributed by atoms with Crippen molar-refractivity contribution in [2.24, 2.45) is 5.41 Å². The van der Waals surface area contributed by atoms with E-state index in [2.05, 4.69) is 49.2 Å². The maximum absolute atomic E-state index is 4.08. The first-order chi connectivity index (χ1) is 6.54. The number of hydrogen-bond donors (Lipinski definition) is 1. The predicted octanol–water partition coefficient (Wildman–Crippen LogP) is 2.95. The maximum Gasteiger partial charge on any atom is 0 e. The third kappa shape index (κ3) is 3.16. The van der Waals surface area contributed by atoms with Crippen LogP contribution in [0.25, 0.3) is 11.0 Å². The van der Waals surface area contributed by atoms with Crippen molar-refractivity contribution in [3.63, 3.8) is 0 Å². The Bertz CT molecular complexity index is 440. The molecule has 0 bridgehead atoms. The third-order valence-corrected chi connectivity index (χ3v) is 2.16. The second-order valence-electron chi connectivity index (χ2n) is 4.94. The summed E-state index contributed by atoms with van der Waals surface area (Å²) in [4.78, 5) is 7.09. The molecule has 0 aliphatic carbocycles. The van der Waals surface area contributed by atoms with Crippen LogP contribution in [0.3, 0.4) is 0 Å². The normalized spacial score (nSPS) is 11.4. The van der Waals surface area contributed by atoms with Gasteiger partial charge in [0.05, 0.1) is 0 Å². The summed E-state index contributed by atoms with van der Waals surface area (Å²) >= 11 is 0. The van der Waals surface area contributed by atoms with Crippen molar-refractivity contribution >= 4 is 11.0 Å². The van der Waals surface area contributed by atoms with Gasteiger partial charge in [-0.2, -0.15) is 0 Å². The molecule has 81 valence electrons. The van der Waals surface area contributed by atoms with Crippen LogP contribution in [0.15, 0.2) is 18.2 Å². The number of fused-ring (bicyclic) bond motifs is 1. The van der Waals surface area contributed by atoms with Gasteiger partial charge in [-0.15, -0.1) is 12.1 Å². The standard InChI is InChI=1S/C12H15N2.Re/c1-12(2,3)7-9-4-5-10-11(6-9)14-8-13-10;/h4-6H,7H2,1-3H3,(H,13,14);/q-1;. The molecule has 0 atom stereocenters. The fourth-order valence-corrected chi connectivity index (χ4v) is 1.65. The number of nitrogens with zero attached hydrogens (tertiary/aromatic N) is 1. The second kappa shape index (κ2) is 4.47. The van der Waals surface area contributed by atoms with Crippen LogP contribution in [0.2, 0.25) is 0 Å². The molecule has 1 N–H and O–H groups in total. The quantitative estimate of drug-likeness (QED) is 0.765. The smallest absolute Gasteiger partial charge is 0 e. The minimum atomic E-state index is 0. The van der Waals surface area contributed by atoms with E-state index in [-0.39, 0.29) is 20.4 Å². The summed E-state index contributed by atoms with van der Waals surface area (Å²) in [5.74, 6) is 0. The van der Waals surface area contributed by atoms with Crippen molar-refractivity contribution < 1.29 is 20.4 Å². The topological polar surface area (TPSA) is 28.7 Å². The first-order valence-corrected chi connectivity index (χ1v) is 4.89. The summed E-state index contributed by atoms with van der Waals surface area (Å²) in [5.41, 5.74) is 3.74. The van der Waals surface area contributed by atoms with Crippen molar-refractivity contribution in [2.45, 2.75) is 27.2 Å². The first kappa shape index (κ1) is 12.4. The molecule has 2 nitrogen and oxygen atoms in total. The van der Waals surface area contributed by atoms with Crippen LogP contribution < -0.4 is 0 Å². The third-order valence-electron chi connectivity index (χ3n) is 2.16. The largest absolute Gasteiger partial charge is 0.461 e. The van der Waals surface area contributed by atoms with Crippen LogP contribution >= 0.6 is 0 Å². The molecule has 2 aromatic rings. The molecule has 0 saturated heterocycles. The van der Waals surface area contributed by atoms with E-state index in [4.69, 9.17) is 0 Å². The van der Waals surface area contributed by atoms with Gasteiger partial charge in [0.2, 0.25) is 0 Å². The summed E-state index contributed by atoms with van der Waals surface area (Å²) in [6.07, 6.45) is 3.84. The SMILES string of the molecule is CC(C)(C)Cc1ccc2n[c-][nH]c2c1.[Re]. The zero-order valence-corrected chi connectivity index (χ0v) is 12.0. The molecule has 1 aromatic carbocycles. The minimum absolute atomic E-state index is 0. The predicted molar refractivity (Wildman–Crippen MR) is 58.1 cm³/mol. The molecule has 0 aliphatic heterocycles. The van der Waals surface area contributed by atoms with Gasteiger partial charge < -0.3 is 9.97 Å². The maximum atomic E-state index is 4.08. The Morgan fingerprint density at radius 1 is 1.33 bits per heavy atom. The Hall–Kier alpha value is -0.648. The van der Waals surface area contributed by atoms with E-state index in [0.717, 1.165) is 17.5 Å². The van der Waals surface area contributed by atoms with Crippen LogP contribution in [-0.4, -0.2) is 9.97 Å². The van der Waals surface area contributed by atoms with Crippen LogP contribution in [0.4, 0.5) is 0 Å². The summed E-state index contributed by atoms with van der Waals surface area (Å²) in [7, 11) is 0. The van der Waals surface area contributed by atoms with Crippen LogP contribution in [0.1, 0.15) is 26.3 Å². The van der Waals surface area contributed by atoms with E-state index >= 15 is 0 Å². The molecule has 0 spiro atoms. The van der Waals surface area contributed by atoms with E-state index in [1.54, 1.807) is 0 Å². The number of benzene rings is 1. The van der Waals surface area contributed by atoms with Gasteiger partial charge in [-0.3, -0.25) is 0 Å². The summed E-state index contributed by atoms with van der Waals surface area (Å²) < 4.78 is 0. The van der Waals surface area contributed by atoms with E-state index in [1.165, 1.54) is 5.56 Å². The molecule has 0 amide bonds. The van der Waals surface area contributed by atoms with E-state index in [1.807, 2.05) is 6.07 Å². The number of nitrogens with one attached hydrogen (secondary N) is 1. The van der Waals surface area contributed by atoms with Crippen molar-refractivity contribution in [1.29, 1.82) is 0 Å². The molecule has 15 heavy (non-hydrogen) atoms. The molecule has 3 heteroatoms. The number of hydrogen-bond acceptors (Lipinski definition) is 1. The first-order valence-electron chi connectivity index (χ1n) is 4.89. The van der Waals surface area contributed by atoms with Gasteiger partial charge in [0.15, 0.2) is 0 Å². The minimum Gasteiger partial charge on any atom is -0.461 e. The fourth-order valence-electron chi connectivity index (χ4n) is 1.65. The average Bonchev–Trinajstić information content (AvgIpc) is 2.47. The van der Waals surface area contributed by atoms with Gasteiger partial charge in [0, 0.05) is 20.4 Å². The summed E-state index contributed by atoms with van der Waals surface area (Å²) in [5, 5.41) is 0. The van der Waals surface area contributed by atoms with Gasteiger partial charge in [0.25, 0.3) is 0 Å². The Morgan fingerprint density at radius 2 is 2.07 bits per heavy atom. The number of imidazole rings is 1. The Balaban J connectivity index is 0.00000112. The molecular formula is C12H15N2Re-. The van der Waals surface area contributed by atoms with Crippen molar-refractivity contribution in [3.8, 4) is 0 Å². The number of rotatable bonds is 1. The fraction of sp³-hybridized carbons (Fsp3) is 0.417. The molecule has 0 aliphatic rings. The molecule has 0 saturated carbocycles. The molecule has 0 fully saturated rings.